The predicted octanol–water partition coefficient (Wildman–Crippen LogP) is 9.13. The van der Waals surface area contributed by atoms with E-state index in [4.69, 9.17) is 42.5 Å². The Balaban J connectivity index is 1.15. The number of para-hydroxylation sites is 2. The molecule has 8 bridgehead atoms. The minimum Gasteiger partial charge on any atom is -0.397 e. The molecule has 276 valence electrons. The van der Waals surface area contributed by atoms with Crippen molar-refractivity contribution in [1.82, 2.24) is 39.9 Å². The molecule has 2 aliphatic heterocycles. The summed E-state index contributed by atoms with van der Waals surface area (Å²) in [6.07, 6.45) is 0. The fourth-order valence-electron chi connectivity index (χ4n) is 7.32. The highest BCUT2D eigenvalue weighted by molar-refractivity contribution is 7.50. The molecule has 58 heavy (non-hydrogen) atoms. The van der Waals surface area contributed by atoms with Gasteiger partial charge in [-0.1, -0.05) is 132 Å². The second kappa shape index (κ2) is 13.9. The molecule has 0 spiro atoms. The molecule has 0 fully saturated rings. The summed E-state index contributed by atoms with van der Waals surface area (Å²) in [5.41, 5.74) is 5.63. The molecule has 0 saturated heterocycles. The van der Waals surface area contributed by atoms with Crippen molar-refractivity contribution in [2.45, 2.75) is 0 Å². The molecule has 0 unspecified atom stereocenters. The van der Waals surface area contributed by atoms with Crippen LogP contribution < -0.4 is 13.5 Å². The number of aromatic amines is 2. The molecule has 0 atom stereocenters. The first-order chi connectivity index (χ1) is 28.5. The third kappa shape index (κ3) is 6.10. The smallest absolute Gasteiger partial charge is 0.397 e. The maximum atomic E-state index is 14.5. The predicted molar refractivity (Wildman–Crippen MR) is 226 cm³/mol. The Labute approximate surface area is 336 Å². The lowest BCUT2D eigenvalue weighted by atomic mass is 10.1. The monoisotopic (exact) mass is 790 g/mol. The van der Waals surface area contributed by atoms with Gasteiger partial charge in [-0.2, -0.15) is 0 Å². The standard InChI is InChI=1S/C32H17N8.C12H11O4P.Al.H/c1-2-10-18-17(9-1)25-33-26(18)38-28-21-13-5-6-14-22(21)30(35-28)40-32-24-16-8-7-15-23(24)31(36-32)39-29-20-12-4-3-11-19(20)27(34-29)37-25;13-17(14,15-11-7-3-1-4-8-11)16-12-9-5-2-6-10-12;;/h1-15H,(H2,33,34,35,36,37,38,39,40);1-10H,(H,13,14);;/q;;+1;/p-1. The van der Waals surface area contributed by atoms with E-state index in [-0.39, 0.29) is 0 Å². The maximum Gasteiger partial charge on any atom is 0.559 e. The second-order valence-corrected chi connectivity index (χ2v) is 17.0. The summed E-state index contributed by atoms with van der Waals surface area (Å²) in [7, 11) is -4.18. The molecule has 5 heterocycles. The Morgan fingerprint density at radius 3 is 1.31 bits per heavy atom. The Bertz CT molecular complexity index is 3260. The molecule has 12 nitrogen and oxygen atoms in total. The zero-order chi connectivity index (χ0) is 38.6. The van der Waals surface area contributed by atoms with Gasteiger partial charge in [-0.15, -0.1) is 0 Å². The van der Waals surface area contributed by atoms with Gasteiger partial charge >= 0.3 is 23.4 Å². The zero-order valence-electron chi connectivity index (χ0n) is 30.4. The Kier molecular flexibility index (Phi) is 8.20. The van der Waals surface area contributed by atoms with Crippen molar-refractivity contribution in [3.05, 3.63) is 152 Å². The van der Waals surface area contributed by atoms with Crippen molar-refractivity contribution in [1.29, 1.82) is 0 Å². The summed E-state index contributed by atoms with van der Waals surface area (Å²) >= 11 is -1.86. The van der Waals surface area contributed by atoms with Gasteiger partial charge < -0.3 is 22.6 Å². The van der Waals surface area contributed by atoms with Gasteiger partial charge in [-0.3, -0.25) is 0 Å². The highest BCUT2D eigenvalue weighted by atomic mass is 31.2. The summed E-state index contributed by atoms with van der Waals surface area (Å²) in [6.45, 7) is 0. The van der Waals surface area contributed by atoms with Crippen LogP contribution in [0.3, 0.4) is 0 Å². The molecule has 2 N–H and O–H groups in total. The lowest BCUT2D eigenvalue weighted by molar-refractivity contribution is 0.305. The number of phosphoric ester groups is 1. The number of benzene rings is 6. The van der Waals surface area contributed by atoms with Gasteiger partial charge in [0, 0.05) is 43.8 Å². The quantitative estimate of drug-likeness (QED) is 0.118. The van der Waals surface area contributed by atoms with E-state index < -0.39 is 23.4 Å². The number of hydrogen-bond donors (Lipinski definition) is 2. The number of H-pyrrole nitrogens is 2. The molecular formula is C44H28AlN8O4P. The van der Waals surface area contributed by atoms with Crippen LogP contribution in [0.25, 0.3) is 89.7 Å². The highest BCUT2D eigenvalue weighted by Crippen LogP contribution is 2.49. The maximum absolute atomic E-state index is 14.5. The first-order valence-electron chi connectivity index (χ1n) is 18.5. The van der Waals surface area contributed by atoms with Crippen LogP contribution in [0, 0.1) is 0 Å². The van der Waals surface area contributed by atoms with Gasteiger partial charge in [0.2, 0.25) is 0 Å². The minimum absolute atomic E-state index is 0.357. The van der Waals surface area contributed by atoms with Gasteiger partial charge in [-0.25, -0.2) is 34.5 Å². The molecule has 3 aromatic heterocycles. The number of phosphoric acid groups is 1. The molecule has 2 aliphatic rings. The molecule has 0 radical (unpaired) electrons. The van der Waals surface area contributed by atoms with Crippen molar-refractivity contribution in [3.8, 4) is 57.1 Å². The topological polar surface area (TPSA) is 154 Å². The first-order valence-corrected chi connectivity index (χ1v) is 21.3. The van der Waals surface area contributed by atoms with Gasteiger partial charge in [0.05, 0.1) is 0 Å². The second-order valence-electron chi connectivity index (χ2n) is 13.6. The Morgan fingerprint density at radius 1 is 0.414 bits per heavy atom. The van der Waals surface area contributed by atoms with E-state index in [0.29, 0.717) is 57.4 Å². The van der Waals surface area contributed by atoms with Crippen LogP contribution in [0.1, 0.15) is 0 Å². The average molecular weight is 791 g/mol. The summed E-state index contributed by atoms with van der Waals surface area (Å²) in [5, 5.41) is 3.32. The largest absolute Gasteiger partial charge is 0.559 e. The third-order valence-electron chi connectivity index (χ3n) is 9.96. The van der Waals surface area contributed by atoms with Crippen LogP contribution in [0.5, 0.6) is 11.5 Å². The number of hydrogen-bond acceptors (Lipinski definition) is 10. The summed E-state index contributed by atoms with van der Waals surface area (Å²) in [6, 6.07) is 47.3. The number of nitrogens with one attached hydrogen (secondary N) is 2. The van der Waals surface area contributed by atoms with Gasteiger partial charge in [-0.05, 0) is 24.3 Å². The van der Waals surface area contributed by atoms with E-state index in [2.05, 4.69) is 9.97 Å². The van der Waals surface area contributed by atoms with Crippen LogP contribution in [-0.2, 0) is 8.14 Å². The van der Waals surface area contributed by atoms with E-state index in [1.54, 1.807) is 48.5 Å². The molecule has 14 heteroatoms. The van der Waals surface area contributed by atoms with Crippen LogP contribution in [0.15, 0.2) is 152 Å². The first kappa shape index (κ1) is 34.3. The van der Waals surface area contributed by atoms with Gasteiger partial charge in [0.25, 0.3) is 0 Å². The van der Waals surface area contributed by atoms with Crippen molar-refractivity contribution in [2.75, 3.05) is 0 Å². The van der Waals surface area contributed by atoms with Crippen LogP contribution in [-0.4, -0.2) is 55.4 Å². The molecule has 0 saturated carbocycles. The minimum atomic E-state index is -4.18. The molecule has 0 amide bonds. The van der Waals surface area contributed by atoms with Gasteiger partial charge in [0.15, 0.2) is 23.3 Å². The normalized spacial score (nSPS) is 11.9. The molecule has 11 rings (SSSR count). The molecule has 6 aromatic carbocycles. The Hall–Kier alpha value is -7.00. The molecule has 0 aliphatic carbocycles. The Morgan fingerprint density at radius 2 is 0.810 bits per heavy atom. The summed E-state index contributed by atoms with van der Waals surface area (Å²) in [4.78, 5) is 37.5. The fraction of sp³-hybridized carbons (Fsp3) is 0. The number of aromatic nitrogens is 8. The van der Waals surface area contributed by atoms with Crippen molar-refractivity contribution < 1.29 is 17.2 Å². The van der Waals surface area contributed by atoms with Crippen LogP contribution >= 0.6 is 7.82 Å². The average Bonchev–Trinajstić information content (AvgIpc) is 4.00. The molecule has 9 aromatic rings. The molecular weight excluding hydrogens is 762 g/mol. The third-order valence-corrected chi connectivity index (χ3v) is 13.5. The van der Waals surface area contributed by atoms with Gasteiger partial charge in [0.1, 0.15) is 34.1 Å². The summed E-state index contributed by atoms with van der Waals surface area (Å²) < 4.78 is 33.5. The van der Waals surface area contributed by atoms with E-state index in [1.165, 1.54) is 0 Å². The van der Waals surface area contributed by atoms with E-state index in [1.807, 2.05) is 103 Å². The lowest BCUT2D eigenvalue weighted by Crippen LogP contribution is -2.20. The van der Waals surface area contributed by atoms with E-state index in [9.17, 15) is 4.57 Å². The SMILES string of the molecule is O=P([O][AlH][c]1cccc2c3nc4nc(nc5[nH]c(nc6nc(nc([nH]3)c12)-c1ccccc1-6)c1ccccc51)-c1ccccc1-4)(Oc1ccccc1)Oc1ccccc1. The summed E-state index contributed by atoms with van der Waals surface area (Å²) in [5.74, 6) is 2.71. The van der Waals surface area contributed by atoms with Crippen molar-refractivity contribution >= 4 is 71.9 Å². The fourth-order valence-corrected chi connectivity index (χ4v) is 10.5. The van der Waals surface area contributed by atoms with Crippen molar-refractivity contribution in [2.24, 2.45) is 0 Å². The number of rotatable bonds is 7. The number of fused-ring (bicyclic) bond motifs is 20. The van der Waals surface area contributed by atoms with E-state index >= 15 is 0 Å². The van der Waals surface area contributed by atoms with Crippen LogP contribution in [0.4, 0.5) is 0 Å². The van der Waals surface area contributed by atoms with Crippen LogP contribution in [0.2, 0.25) is 0 Å². The lowest BCUT2D eigenvalue weighted by Gasteiger charge is -2.20. The van der Waals surface area contributed by atoms with Crippen molar-refractivity contribution in [3.63, 3.8) is 0 Å². The number of nitrogens with zero attached hydrogens (tertiary/aromatic N) is 6. The van der Waals surface area contributed by atoms with E-state index in [0.717, 1.165) is 48.2 Å². The zero-order valence-corrected chi connectivity index (χ0v) is 32.7. The highest BCUT2D eigenvalue weighted by Gasteiger charge is 2.32.